The van der Waals surface area contributed by atoms with Crippen LogP contribution >= 0.6 is 11.8 Å². The molecule has 0 aliphatic carbocycles. The van der Waals surface area contributed by atoms with E-state index in [1.807, 2.05) is 6.92 Å². The first-order valence-corrected chi connectivity index (χ1v) is 5.83. The monoisotopic (exact) mass is 290 g/mol. The molecule has 1 N–H and O–H groups in total. The number of thioether (sulfide) groups is 1. The predicted molar refractivity (Wildman–Crippen MR) is 58.7 cm³/mol. The van der Waals surface area contributed by atoms with Gasteiger partial charge in [0.2, 0.25) is 0 Å². The van der Waals surface area contributed by atoms with Gasteiger partial charge in [0.05, 0.1) is 0 Å². The third-order valence-corrected chi connectivity index (χ3v) is 2.70. The zero-order valence-electron chi connectivity index (χ0n) is 9.67. The molecule has 0 aliphatic rings. The van der Waals surface area contributed by atoms with Gasteiger partial charge in [0.1, 0.15) is 0 Å². The Bertz CT molecular complexity index is 412. The van der Waals surface area contributed by atoms with Crippen molar-refractivity contribution in [3.8, 4) is 0 Å². The van der Waals surface area contributed by atoms with E-state index < -0.39 is 18.2 Å². The van der Waals surface area contributed by atoms with E-state index in [9.17, 15) is 17.7 Å². The molecule has 90 valence electrons. The van der Waals surface area contributed by atoms with Gasteiger partial charge >= 0.3 is 58.4 Å². The van der Waals surface area contributed by atoms with Crippen LogP contribution in [0.3, 0.4) is 0 Å². The molecule has 1 heterocycles. The summed E-state index contributed by atoms with van der Waals surface area (Å²) in [5.41, 5.74) is -0.863. The second kappa shape index (κ2) is 8.01. The number of hydrogen-bond donors (Lipinski definition) is 1. The topological polar surface area (TPSA) is 45.8 Å². The van der Waals surface area contributed by atoms with Crippen LogP contribution in [0.4, 0.5) is 12.9 Å². The van der Waals surface area contributed by atoms with Crippen LogP contribution in [-0.2, 0) is 6.42 Å². The first-order chi connectivity index (χ1) is 7.40. The second-order valence-corrected chi connectivity index (χ2v) is 4.32. The minimum Gasteiger partial charge on any atom is -0.448 e. The SMILES string of the molecule is CCCc1cc(=O)[nH]c(SC[B-](F)(F)F)n1.[K+]. The molecule has 0 atom stereocenters. The standard InChI is InChI=1S/C8H11BF3N2OS.K/c1-2-3-6-4-7(15)14-8(13-6)16-5-9(10,11)12;/h4H,2-3,5H2,1H3,(H,13,14,15);/q-1;+1. The number of nitrogens with zero attached hydrogens (tertiary/aromatic N) is 1. The van der Waals surface area contributed by atoms with Gasteiger partial charge in [-0.2, -0.15) is 0 Å². The van der Waals surface area contributed by atoms with Crippen molar-refractivity contribution >= 4 is 18.7 Å². The summed E-state index contributed by atoms with van der Waals surface area (Å²) in [7, 11) is 0. The third-order valence-electron chi connectivity index (χ3n) is 1.69. The number of halogens is 3. The molecule has 1 aromatic rings. The zero-order valence-corrected chi connectivity index (χ0v) is 13.6. The van der Waals surface area contributed by atoms with E-state index >= 15 is 0 Å². The van der Waals surface area contributed by atoms with Crippen molar-refractivity contribution in [3.63, 3.8) is 0 Å². The molecule has 3 nitrogen and oxygen atoms in total. The van der Waals surface area contributed by atoms with Gasteiger partial charge < -0.3 is 17.9 Å². The van der Waals surface area contributed by atoms with Crippen LogP contribution in [0.5, 0.6) is 0 Å². The molecule has 0 saturated heterocycles. The van der Waals surface area contributed by atoms with Gasteiger partial charge in [-0.15, -0.1) is 11.8 Å². The maximum Gasteiger partial charge on any atom is 1.00 e. The average Bonchev–Trinajstić information content (AvgIpc) is 2.13. The molecule has 9 heteroatoms. The normalized spacial score (nSPS) is 11.1. The summed E-state index contributed by atoms with van der Waals surface area (Å²) in [5, 5.41) is 0.0372. The van der Waals surface area contributed by atoms with Crippen LogP contribution in [-0.4, -0.2) is 22.6 Å². The predicted octanol–water partition coefficient (Wildman–Crippen LogP) is -0.795. The molecule has 0 bridgehead atoms. The molecule has 0 unspecified atom stereocenters. The van der Waals surface area contributed by atoms with Gasteiger partial charge in [-0.05, 0) is 12.1 Å². The van der Waals surface area contributed by atoms with Crippen LogP contribution < -0.4 is 56.9 Å². The minimum absolute atomic E-state index is 0. The smallest absolute Gasteiger partial charge is 0.448 e. The summed E-state index contributed by atoms with van der Waals surface area (Å²) in [6, 6.07) is 1.31. The Morgan fingerprint density at radius 3 is 2.65 bits per heavy atom. The van der Waals surface area contributed by atoms with Gasteiger partial charge in [-0.1, -0.05) is 13.3 Å². The van der Waals surface area contributed by atoms with Gasteiger partial charge in [0, 0.05) is 11.8 Å². The van der Waals surface area contributed by atoms with Gasteiger partial charge in [-0.3, -0.25) is 4.79 Å². The first-order valence-electron chi connectivity index (χ1n) is 4.85. The first kappa shape index (κ1) is 17.7. The number of hydrogen-bond acceptors (Lipinski definition) is 3. The fourth-order valence-corrected chi connectivity index (χ4v) is 1.81. The van der Waals surface area contributed by atoms with E-state index in [1.54, 1.807) is 0 Å². The van der Waals surface area contributed by atoms with E-state index in [0.717, 1.165) is 6.42 Å². The average molecular weight is 290 g/mol. The Hall–Kier alpha value is 0.721. The third kappa shape index (κ3) is 7.68. The van der Waals surface area contributed by atoms with Crippen molar-refractivity contribution in [1.29, 1.82) is 0 Å². The summed E-state index contributed by atoms with van der Waals surface area (Å²) in [5.74, 6) is 0. The molecule has 1 rings (SSSR count). The molecule has 0 saturated carbocycles. The minimum atomic E-state index is -4.86. The van der Waals surface area contributed by atoms with Crippen molar-refractivity contribution in [1.82, 2.24) is 9.97 Å². The van der Waals surface area contributed by atoms with Crippen molar-refractivity contribution in [2.75, 3.05) is 5.65 Å². The fourth-order valence-electron chi connectivity index (χ4n) is 1.11. The van der Waals surface area contributed by atoms with Crippen molar-refractivity contribution in [2.45, 2.75) is 24.9 Å². The number of aromatic amines is 1. The van der Waals surface area contributed by atoms with Crippen LogP contribution in [0.1, 0.15) is 19.0 Å². The van der Waals surface area contributed by atoms with E-state index in [0.29, 0.717) is 23.9 Å². The van der Waals surface area contributed by atoms with Crippen LogP contribution in [0.25, 0.3) is 0 Å². The number of H-pyrrole nitrogens is 1. The summed E-state index contributed by atoms with van der Waals surface area (Å²) in [6.07, 6.45) is 1.39. The Morgan fingerprint density at radius 1 is 1.47 bits per heavy atom. The maximum atomic E-state index is 12.0. The Balaban J connectivity index is 0.00000256. The molecule has 0 fully saturated rings. The van der Waals surface area contributed by atoms with Crippen LogP contribution in [0, 0.1) is 0 Å². The quantitative estimate of drug-likeness (QED) is 0.439. The molecule has 0 amide bonds. The molecule has 0 aliphatic heterocycles. The molecular weight excluding hydrogens is 279 g/mol. The van der Waals surface area contributed by atoms with E-state index in [-0.39, 0.29) is 56.5 Å². The number of aromatic nitrogens is 2. The second-order valence-electron chi connectivity index (χ2n) is 3.31. The van der Waals surface area contributed by atoms with Crippen molar-refractivity contribution in [2.24, 2.45) is 0 Å². The summed E-state index contributed by atoms with van der Waals surface area (Å²) in [4.78, 5) is 17.4. The van der Waals surface area contributed by atoms with Gasteiger partial charge in [0.15, 0.2) is 5.16 Å². The molecule has 0 spiro atoms. The number of rotatable bonds is 5. The van der Waals surface area contributed by atoms with Gasteiger partial charge in [0.25, 0.3) is 5.56 Å². The van der Waals surface area contributed by atoms with Crippen LogP contribution in [0.15, 0.2) is 16.0 Å². The fraction of sp³-hybridized carbons (Fsp3) is 0.500. The summed E-state index contributed by atoms with van der Waals surface area (Å²) >= 11 is 0.518. The number of nitrogens with one attached hydrogen (secondary N) is 1. The molecular formula is C8H11BF3KN2OS. The molecule has 0 radical (unpaired) electrons. The number of aryl methyl sites for hydroxylation is 1. The summed E-state index contributed by atoms with van der Waals surface area (Å²) < 4.78 is 36.0. The zero-order chi connectivity index (χ0) is 12.2. The Kier molecular flexibility index (Phi) is 8.35. The largest absolute Gasteiger partial charge is 1.00 e. The van der Waals surface area contributed by atoms with Crippen LogP contribution in [0.2, 0.25) is 0 Å². The Labute approximate surface area is 144 Å². The summed E-state index contributed by atoms with van der Waals surface area (Å²) in [6.45, 7) is -2.95. The molecule has 1 aromatic heterocycles. The van der Waals surface area contributed by atoms with Gasteiger partial charge in [-0.25, -0.2) is 4.98 Å². The molecule has 17 heavy (non-hydrogen) atoms. The molecule has 0 aromatic carbocycles. The van der Waals surface area contributed by atoms with Crippen molar-refractivity contribution in [3.05, 3.63) is 22.1 Å². The maximum absolute atomic E-state index is 12.0. The van der Waals surface area contributed by atoms with E-state index in [1.165, 1.54) is 6.07 Å². The van der Waals surface area contributed by atoms with E-state index in [2.05, 4.69) is 9.97 Å². The van der Waals surface area contributed by atoms with Crippen molar-refractivity contribution < 1.29 is 64.3 Å². The Morgan fingerprint density at radius 2 is 2.12 bits per heavy atom. The van der Waals surface area contributed by atoms with E-state index in [4.69, 9.17) is 0 Å².